The molecule has 27 heavy (non-hydrogen) atoms. The molecule has 1 aromatic carbocycles. The number of para-hydroxylation sites is 1. The average molecular weight is 366 g/mol. The molecule has 7 heteroatoms. The first-order chi connectivity index (χ1) is 12.8. The van der Waals surface area contributed by atoms with Crippen LogP contribution in [0.2, 0.25) is 0 Å². The largest absolute Gasteiger partial charge is 0.348 e. The minimum atomic E-state index is -0.209. The molecule has 1 amide bonds. The second kappa shape index (κ2) is 7.34. The fourth-order valence-corrected chi connectivity index (χ4v) is 3.33. The summed E-state index contributed by atoms with van der Waals surface area (Å²) in [5.74, 6) is -0.209. The molecule has 142 valence electrons. The number of rotatable bonds is 5. The topological polar surface area (TPSA) is 77.6 Å². The predicted molar refractivity (Wildman–Crippen MR) is 104 cm³/mol. The van der Waals surface area contributed by atoms with Crippen molar-refractivity contribution in [2.75, 3.05) is 0 Å². The van der Waals surface area contributed by atoms with E-state index in [0.29, 0.717) is 5.69 Å². The van der Waals surface area contributed by atoms with E-state index in [-0.39, 0.29) is 11.9 Å². The Labute approximate surface area is 159 Å². The Hall–Kier alpha value is -2.96. The molecule has 0 unspecified atom stereocenters. The molecule has 0 aliphatic heterocycles. The molecule has 0 bridgehead atoms. The fourth-order valence-electron chi connectivity index (χ4n) is 3.33. The van der Waals surface area contributed by atoms with Crippen LogP contribution in [-0.4, -0.2) is 36.7 Å². The van der Waals surface area contributed by atoms with E-state index in [2.05, 4.69) is 20.7 Å². The van der Waals surface area contributed by atoms with Crippen molar-refractivity contribution in [1.82, 2.24) is 30.1 Å². The Kier molecular flexibility index (Phi) is 5.12. The van der Waals surface area contributed by atoms with Gasteiger partial charge in [0, 0.05) is 18.8 Å². The van der Waals surface area contributed by atoms with Gasteiger partial charge in [-0.1, -0.05) is 23.4 Å². The minimum Gasteiger partial charge on any atom is -0.348 e. The molecule has 3 rings (SSSR count). The van der Waals surface area contributed by atoms with Gasteiger partial charge in [0.25, 0.3) is 5.91 Å². The molecule has 0 radical (unpaired) electrons. The third-order valence-corrected chi connectivity index (χ3v) is 5.00. The molecule has 0 saturated carbocycles. The summed E-state index contributed by atoms with van der Waals surface area (Å²) in [6.07, 6.45) is 0.724. The van der Waals surface area contributed by atoms with E-state index >= 15 is 0 Å². The zero-order valence-corrected chi connectivity index (χ0v) is 16.7. The van der Waals surface area contributed by atoms with Crippen molar-refractivity contribution in [3.05, 3.63) is 58.2 Å². The Morgan fingerprint density at radius 3 is 2.48 bits per heavy atom. The van der Waals surface area contributed by atoms with Crippen LogP contribution in [0.25, 0.3) is 5.69 Å². The number of benzene rings is 1. The molecule has 2 heterocycles. The van der Waals surface area contributed by atoms with Gasteiger partial charge in [-0.15, -0.1) is 5.10 Å². The van der Waals surface area contributed by atoms with Crippen LogP contribution in [0, 0.1) is 27.7 Å². The quantitative estimate of drug-likeness (QED) is 0.753. The summed E-state index contributed by atoms with van der Waals surface area (Å²) in [7, 11) is 1.93. The summed E-state index contributed by atoms with van der Waals surface area (Å²) >= 11 is 0. The molecule has 7 nitrogen and oxygen atoms in total. The molecule has 3 aromatic rings. The fraction of sp³-hybridized carbons (Fsp3) is 0.400. The summed E-state index contributed by atoms with van der Waals surface area (Å²) in [4.78, 5) is 12.7. The SMILES string of the molecule is Cc1ccccc1-n1nnc(C(=O)N[C@H](C)Cc2c(C)nn(C)c2C)c1C. The zero-order valence-electron chi connectivity index (χ0n) is 16.7. The maximum absolute atomic E-state index is 12.7. The molecule has 0 saturated heterocycles. The lowest BCUT2D eigenvalue weighted by Crippen LogP contribution is -2.35. The van der Waals surface area contributed by atoms with Crippen LogP contribution >= 0.6 is 0 Å². The van der Waals surface area contributed by atoms with E-state index in [4.69, 9.17) is 0 Å². The van der Waals surface area contributed by atoms with Gasteiger partial charge in [-0.05, 0) is 58.2 Å². The van der Waals surface area contributed by atoms with Gasteiger partial charge in [-0.3, -0.25) is 9.48 Å². The van der Waals surface area contributed by atoms with Gasteiger partial charge in [0.1, 0.15) is 0 Å². The molecule has 0 aliphatic carbocycles. The number of aryl methyl sites for hydroxylation is 3. The van der Waals surface area contributed by atoms with Crippen LogP contribution in [0.1, 0.15) is 45.6 Å². The molecular formula is C20H26N6O. The Balaban J connectivity index is 1.76. The maximum Gasteiger partial charge on any atom is 0.273 e. The average Bonchev–Trinajstić information content (AvgIpc) is 3.10. The second-order valence-electron chi connectivity index (χ2n) is 7.07. The Morgan fingerprint density at radius 2 is 1.85 bits per heavy atom. The Bertz CT molecular complexity index is 985. The molecule has 1 atom stereocenters. The highest BCUT2D eigenvalue weighted by Gasteiger charge is 2.21. The molecular weight excluding hydrogens is 340 g/mol. The predicted octanol–water partition coefficient (Wildman–Crippen LogP) is 2.60. The lowest BCUT2D eigenvalue weighted by Gasteiger charge is -2.14. The zero-order chi connectivity index (χ0) is 19.7. The highest BCUT2D eigenvalue weighted by molar-refractivity contribution is 5.93. The van der Waals surface area contributed by atoms with E-state index in [0.717, 1.165) is 34.8 Å². The number of nitrogens with one attached hydrogen (secondary N) is 1. The van der Waals surface area contributed by atoms with Gasteiger partial charge >= 0.3 is 0 Å². The number of carbonyl (C=O) groups excluding carboxylic acids is 1. The molecule has 0 fully saturated rings. The smallest absolute Gasteiger partial charge is 0.273 e. The van der Waals surface area contributed by atoms with Gasteiger partial charge in [-0.2, -0.15) is 5.10 Å². The number of aromatic nitrogens is 5. The number of hydrogen-bond acceptors (Lipinski definition) is 4. The Morgan fingerprint density at radius 1 is 1.15 bits per heavy atom. The van der Waals surface area contributed by atoms with Crippen LogP contribution in [0.5, 0.6) is 0 Å². The summed E-state index contributed by atoms with van der Waals surface area (Å²) in [5.41, 5.74) is 6.37. The van der Waals surface area contributed by atoms with Gasteiger partial charge in [0.15, 0.2) is 5.69 Å². The van der Waals surface area contributed by atoms with Crippen LogP contribution in [0.3, 0.4) is 0 Å². The van der Waals surface area contributed by atoms with Gasteiger partial charge in [0.05, 0.1) is 17.1 Å². The van der Waals surface area contributed by atoms with Crippen LogP contribution in [0.15, 0.2) is 24.3 Å². The van der Waals surface area contributed by atoms with Crippen molar-refractivity contribution in [2.45, 2.75) is 47.1 Å². The highest BCUT2D eigenvalue weighted by atomic mass is 16.2. The van der Waals surface area contributed by atoms with Crippen LogP contribution < -0.4 is 5.32 Å². The van der Waals surface area contributed by atoms with Crippen molar-refractivity contribution in [3.8, 4) is 5.69 Å². The van der Waals surface area contributed by atoms with Gasteiger partial charge in [-0.25, -0.2) is 4.68 Å². The first kappa shape index (κ1) is 18.8. The summed E-state index contributed by atoms with van der Waals surface area (Å²) in [5, 5.41) is 15.8. The summed E-state index contributed by atoms with van der Waals surface area (Å²) in [6.45, 7) is 9.90. The van der Waals surface area contributed by atoms with E-state index in [1.54, 1.807) is 4.68 Å². The first-order valence-corrected chi connectivity index (χ1v) is 9.07. The molecule has 2 aromatic heterocycles. The van der Waals surface area contributed by atoms with Gasteiger partial charge in [0.2, 0.25) is 0 Å². The summed E-state index contributed by atoms with van der Waals surface area (Å²) in [6, 6.07) is 7.86. The third kappa shape index (κ3) is 3.63. The van der Waals surface area contributed by atoms with Crippen molar-refractivity contribution in [2.24, 2.45) is 7.05 Å². The van der Waals surface area contributed by atoms with E-state index in [1.807, 2.05) is 70.6 Å². The molecule has 0 spiro atoms. The van der Waals surface area contributed by atoms with Crippen LogP contribution in [-0.2, 0) is 13.5 Å². The first-order valence-electron chi connectivity index (χ1n) is 9.07. The number of amides is 1. The minimum absolute atomic E-state index is 0.0397. The highest BCUT2D eigenvalue weighted by Crippen LogP contribution is 2.17. The van der Waals surface area contributed by atoms with E-state index in [9.17, 15) is 4.79 Å². The number of carbonyl (C=O) groups is 1. The summed E-state index contributed by atoms with van der Waals surface area (Å²) < 4.78 is 3.58. The van der Waals surface area contributed by atoms with E-state index < -0.39 is 0 Å². The van der Waals surface area contributed by atoms with Crippen molar-refractivity contribution in [3.63, 3.8) is 0 Å². The number of hydrogen-bond donors (Lipinski definition) is 1. The van der Waals surface area contributed by atoms with Crippen molar-refractivity contribution < 1.29 is 4.79 Å². The number of nitrogens with zero attached hydrogens (tertiary/aromatic N) is 5. The lowest BCUT2D eigenvalue weighted by atomic mass is 10.1. The monoisotopic (exact) mass is 366 g/mol. The molecule has 1 N–H and O–H groups in total. The van der Waals surface area contributed by atoms with Crippen molar-refractivity contribution in [1.29, 1.82) is 0 Å². The third-order valence-electron chi connectivity index (χ3n) is 5.00. The van der Waals surface area contributed by atoms with Crippen LogP contribution in [0.4, 0.5) is 0 Å². The van der Waals surface area contributed by atoms with Gasteiger partial charge < -0.3 is 5.32 Å². The van der Waals surface area contributed by atoms with E-state index in [1.165, 1.54) is 5.56 Å². The lowest BCUT2D eigenvalue weighted by molar-refractivity contribution is 0.0934. The molecule has 0 aliphatic rings. The normalized spacial score (nSPS) is 12.2. The standard InChI is InChI=1S/C20H26N6O/c1-12-9-7-8-10-18(12)26-16(5)19(22-24-26)20(27)21-13(2)11-17-14(3)23-25(6)15(17)4/h7-10,13H,11H2,1-6H3,(H,21,27)/t13-/m1/s1. The maximum atomic E-state index is 12.7. The second-order valence-corrected chi connectivity index (χ2v) is 7.07. The van der Waals surface area contributed by atoms with Crippen molar-refractivity contribution >= 4 is 5.91 Å².